The van der Waals surface area contributed by atoms with Gasteiger partial charge in [0.25, 0.3) is 0 Å². The van der Waals surface area contributed by atoms with Crippen LogP contribution in [0.15, 0.2) is 30.3 Å². The minimum atomic E-state index is 0.436. The van der Waals surface area contributed by atoms with Crippen molar-refractivity contribution in [2.45, 2.75) is 6.54 Å². The Labute approximate surface area is 93.6 Å². The van der Waals surface area contributed by atoms with E-state index >= 15 is 0 Å². The minimum Gasteiger partial charge on any atom is -0.497 e. The molecule has 0 saturated carbocycles. The van der Waals surface area contributed by atoms with E-state index in [1.807, 2.05) is 24.3 Å². The van der Waals surface area contributed by atoms with Crippen molar-refractivity contribution in [2.24, 2.45) is 0 Å². The Morgan fingerprint density at radius 2 is 1.94 bits per heavy atom. The van der Waals surface area contributed by atoms with E-state index in [-0.39, 0.29) is 0 Å². The van der Waals surface area contributed by atoms with Crippen molar-refractivity contribution >= 4 is 11.6 Å². The highest BCUT2D eigenvalue weighted by Gasteiger charge is 2.03. The number of aromatic nitrogens is 2. The fourth-order valence-electron chi connectivity index (χ4n) is 1.48. The fourth-order valence-corrected chi connectivity index (χ4v) is 1.48. The second-order valence-corrected chi connectivity index (χ2v) is 3.50. The van der Waals surface area contributed by atoms with E-state index in [4.69, 9.17) is 16.2 Å². The summed E-state index contributed by atoms with van der Waals surface area (Å²) in [6.07, 6.45) is 0. The molecule has 0 saturated heterocycles. The quantitative estimate of drug-likeness (QED) is 0.808. The van der Waals surface area contributed by atoms with Crippen molar-refractivity contribution in [1.82, 2.24) is 9.78 Å². The molecule has 0 aliphatic carbocycles. The van der Waals surface area contributed by atoms with Gasteiger partial charge < -0.3 is 16.2 Å². The lowest BCUT2D eigenvalue weighted by molar-refractivity contribution is 0.414. The van der Waals surface area contributed by atoms with Gasteiger partial charge in [0.15, 0.2) is 0 Å². The zero-order valence-electron chi connectivity index (χ0n) is 9.05. The molecule has 0 unspecified atom stereocenters. The highest BCUT2D eigenvalue weighted by molar-refractivity contribution is 5.42. The number of ether oxygens (including phenoxy) is 1. The number of methoxy groups -OCH3 is 1. The molecule has 16 heavy (non-hydrogen) atoms. The van der Waals surface area contributed by atoms with E-state index in [2.05, 4.69) is 5.10 Å². The number of anilines is 2. The lowest BCUT2D eigenvalue weighted by Crippen LogP contribution is -2.05. The summed E-state index contributed by atoms with van der Waals surface area (Å²) in [4.78, 5) is 0. The Morgan fingerprint density at radius 3 is 2.44 bits per heavy atom. The van der Waals surface area contributed by atoms with Crippen LogP contribution in [0.1, 0.15) is 5.56 Å². The second-order valence-electron chi connectivity index (χ2n) is 3.50. The molecule has 2 aromatic rings. The molecular weight excluding hydrogens is 204 g/mol. The topological polar surface area (TPSA) is 79.1 Å². The van der Waals surface area contributed by atoms with Crippen molar-refractivity contribution in [3.8, 4) is 5.75 Å². The Morgan fingerprint density at radius 1 is 1.25 bits per heavy atom. The molecule has 0 aliphatic rings. The lowest BCUT2D eigenvalue weighted by atomic mass is 10.2. The molecule has 0 fully saturated rings. The standard InChI is InChI=1S/C11H14N4O/c1-16-9-4-2-8(3-5-9)7-15-11(13)6-10(12)14-15/h2-6H,7,13H2,1H3,(H2,12,14). The zero-order valence-corrected chi connectivity index (χ0v) is 9.05. The van der Waals surface area contributed by atoms with Crippen LogP contribution in [-0.2, 0) is 6.54 Å². The van der Waals surface area contributed by atoms with Crippen LogP contribution < -0.4 is 16.2 Å². The summed E-state index contributed by atoms with van der Waals surface area (Å²) < 4.78 is 6.74. The predicted octanol–water partition coefficient (Wildman–Crippen LogP) is 1.10. The smallest absolute Gasteiger partial charge is 0.147 e. The third-order valence-corrected chi connectivity index (χ3v) is 2.32. The summed E-state index contributed by atoms with van der Waals surface area (Å²) in [7, 11) is 1.64. The normalized spacial score (nSPS) is 10.3. The van der Waals surface area contributed by atoms with Gasteiger partial charge in [0.05, 0.1) is 13.7 Å². The third kappa shape index (κ3) is 2.08. The molecule has 0 aliphatic heterocycles. The van der Waals surface area contributed by atoms with Gasteiger partial charge in [-0.25, -0.2) is 4.68 Å². The van der Waals surface area contributed by atoms with E-state index in [0.717, 1.165) is 11.3 Å². The highest BCUT2D eigenvalue weighted by Crippen LogP contribution is 2.14. The monoisotopic (exact) mass is 218 g/mol. The maximum atomic E-state index is 5.74. The van der Waals surface area contributed by atoms with Crippen LogP contribution in [0.3, 0.4) is 0 Å². The first-order valence-electron chi connectivity index (χ1n) is 4.91. The van der Waals surface area contributed by atoms with Crippen molar-refractivity contribution in [3.05, 3.63) is 35.9 Å². The molecule has 5 nitrogen and oxygen atoms in total. The number of rotatable bonds is 3. The highest BCUT2D eigenvalue weighted by atomic mass is 16.5. The van der Waals surface area contributed by atoms with Crippen molar-refractivity contribution < 1.29 is 4.74 Å². The van der Waals surface area contributed by atoms with Crippen molar-refractivity contribution in [1.29, 1.82) is 0 Å². The minimum absolute atomic E-state index is 0.436. The number of benzene rings is 1. The molecule has 0 bridgehead atoms. The third-order valence-electron chi connectivity index (χ3n) is 2.32. The Kier molecular flexibility index (Phi) is 2.68. The Hall–Kier alpha value is -2.17. The molecule has 1 heterocycles. The van der Waals surface area contributed by atoms with Crippen LogP contribution in [-0.4, -0.2) is 16.9 Å². The first-order chi connectivity index (χ1) is 7.69. The largest absolute Gasteiger partial charge is 0.497 e. The van der Waals surface area contributed by atoms with Gasteiger partial charge in [-0.15, -0.1) is 0 Å². The Balaban J connectivity index is 2.17. The lowest BCUT2D eigenvalue weighted by Gasteiger charge is -2.05. The fraction of sp³-hybridized carbons (Fsp3) is 0.182. The summed E-state index contributed by atoms with van der Waals surface area (Å²) in [5.41, 5.74) is 12.4. The number of hydrogen-bond acceptors (Lipinski definition) is 4. The zero-order chi connectivity index (χ0) is 11.5. The van der Waals surface area contributed by atoms with Gasteiger partial charge in [-0.05, 0) is 17.7 Å². The maximum absolute atomic E-state index is 5.74. The molecule has 0 spiro atoms. The van der Waals surface area contributed by atoms with Gasteiger partial charge >= 0.3 is 0 Å². The summed E-state index contributed by atoms with van der Waals surface area (Å²) in [6.45, 7) is 0.604. The number of nitrogens with two attached hydrogens (primary N) is 2. The molecule has 0 atom stereocenters. The van der Waals surface area contributed by atoms with Crippen LogP contribution in [0.4, 0.5) is 11.6 Å². The van der Waals surface area contributed by atoms with E-state index < -0.39 is 0 Å². The summed E-state index contributed by atoms with van der Waals surface area (Å²) in [6, 6.07) is 9.38. The number of nitrogen functional groups attached to an aromatic ring is 2. The van der Waals surface area contributed by atoms with Gasteiger partial charge in [0, 0.05) is 6.07 Å². The molecule has 0 amide bonds. The Bertz CT molecular complexity index is 475. The summed E-state index contributed by atoms with van der Waals surface area (Å²) in [5.74, 6) is 1.83. The van der Waals surface area contributed by atoms with Gasteiger partial charge in [-0.1, -0.05) is 12.1 Å². The van der Waals surface area contributed by atoms with E-state index in [1.165, 1.54) is 0 Å². The van der Waals surface area contributed by atoms with Crippen LogP contribution in [0.25, 0.3) is 0 Å². The molecular formula is C11H14N4O. The number of hydrogen-bond donors (Lipinski definition) is 2. The molecule has 84 valence electrons. The SMILES string of the molecule is COc1ccc(Cn2nc(N)cc2N)cc1. The van der Waals surface area contributed by atoms with E-state index in [9.17, 15) is 0 Å². The average Bonchev–Trinajstić information content (AvgIpc) is 2.59. The van der Waals surface area contributed by atoms with Crippen molar-refractivity contribution in [2.75, 3.05) is 18.6 Å². The first kappa shape index (κ1) is 10.4. The van der Waals surface area contributed by atoms with Gasteiger partial charge in [0.1, 0.15) is 17.4 Å². The average molecular weight is 218 g/mol. The number of nitrogens with zero attached hydrogens (tertiary/aromatic N) is 2. The van der Waals surface area contributed by atoms with E-state index in [1.54, 1.807) is 17.9 Å². The summed E-state index contributed by atoms with van der Waals surface area (Å²) in [5, 5.41) is 4.09. The molecule has 5 heteroatoms. The molecule has 2 rings (SSSR count). The van der Waals surface area contributed by atoms with Crippen LogP contribution in [0.5, 0.6) is 5.75 Å². The van der Waals surface area contributed by atoms with E-state index in [0.29, 0.717) is 18.2 Å². The van der Waals surface area contributed by atoms with Gasteiger partial charge in [-0.3, -0.25) is 0 Å². The first-order valence-corrected chi connectivity index (χ1v) is 4.91. The van der Waals surface area contributed by atoms with Gasteiger partial charge in [-0.2, -0.15) is 5.10 Å². The molecule has 4 N–H and O–H groups in total. The van der Waals surface area contributed by atoms with Crippen molar-refractivity contribution in [3.63, 3.8) is 0 Å². The maximum Gasteiger partial charge on any atom is 0.147 e. The van der Waals surface area contributed by atoms with Crippen LogP contribution in [0, 0.1) is 0 Å². The second kappa shape index (κ2) is 4.14. The molecule has 0 radical (unpaired) electrons. The summed E-state index contributed by atoms with van der Waals surface area (Å²) >= 11 is 0. The molecule has 1 aromatic carbocycles. The predicted molar refractivity (Wildman–Crippen MR) is 63.1 cm³/mol. The van der Waals surface area contributed by atoms with Crippen LogP contribution in [0.2, 0.25) is 0 Å². The van der Waals surface area contributed by atoms with Crippen LogP contribution >= 0.6 is 0 Å². The molecule has 1 aromatic heterocycles. The van der Waals surface area contributed by atoms with Gasteiger partial charge in [0.2, 0.25) is 0 Å².